The molecule has 3 aliphatic carbocycles. The van der Waals surface area contributed by atoms with Gasteiger partial charge in [0.25, 0.3) is 0 Å². The van der Waals surface area contributed by atoms with Crippen molar-refractivity contribution in [2.24, 2.45) is 17.8 Å². The molecule has 3 saturated carbocycles. The molecular weight excluding hydrogens is 729 g/mol. The Morgan fingerprint density at radius 3 is 1.86 bits per heavy atom. The molecule has 0 amide bonds. The van der Waals surface area contributed by atoms with Gasteiger partial charge in [0.15, 0.2) is 0 Å². The Bertz CT molecular complexity index is 1530. The molecule has 0 aliphatic heterocycles. The van der Waals surface area contributed by atoms with Gasteiger partial charge in [-0.2, -0.15) is 0 Å². The predicted molar refractivity (Wildman–Crippen MR) is 183 cm³/mol. The first-order valence-electron chi connectivity index (χ1n) is 15.9. The summed E-state index contributed by atoms with van der Waals surface area (Å²) in [4.78, 5) is 9.31. The van der Waals surface area contributed by atoms with E-state index in [1.165, 1.54) is 44.1 Å². The van der Waals surface area contributed by atoms with Crippen LogP contribution in [0.2, 0.25) is 19.6 Å². The molecule has 8 rings (SSSR count). The van der Waals surface area contributed by atoms with Crippen LogP contribution in [0, 0.1) is 29.9 Å². The Morgan fingerprint density at radius 2 is 1.32 bits per heavy atom. The van der Waals surface area contributed by atoms with Crippen LogP contribution in [-0.4, -0.2) is 18.0 Å². The number of fused-ring (bicyclic) bond motifs is 3. The average molecular weight is 771 g/mol. The van der Waals surface area contributed by atoms with E-state index >= 15 is 0 Å². The maximum Gasteiger partial charge on any atom is 0.0798 e. The van der Waals surface area contributed by atoms with Gasteiger partial charge in [-0.1, -0.05) is 86.6 Å². The fourth-order valence-electron chi connectivity index (χ4n) is 7.00. The maximum atomic E-state index is 4.82. The third-order valence-electron chi connectivity index (χ3n) is 9.31. The molecule has 44 heavy (non-hydrogen) atoms. The molecule has 2 aromatic heterocycles. The Morgan fingerprint density at radius 1 is 0.682 bits per heavy atom. The van der Waals surface area contributed by atoms with E-state index in [1.807, 2.05) is 66.9 Å². The van der Waals surface area contributed by atoms with Gasteiger partial charge in [-0.05, 0) is 71.1 Å². The molecule has 3 aliphatic rings. The van der Waals surface area contributed by atoms with E-state index < -0.39 is 8.07 Å². The zero-order valence-corrected chi connectivity index (χ0v) is 29.5. The molecule has 0 N–H and O–H groups in total. The quantitative estimate of drug-likeness (QED) is 0.127. The van der Waals surface area contributed by atoms with Crippen LogP contribution in [0.5, 0.6) is 0 Å². The molecule has 1 atom stereocenters. The van der Waals surface area contributed by atoms with E-state index in [0.717, 1.165) is 45.8 Å². The fraction of sp³-hybridized carbons (Fsp3) is 0.300. The number of benzene rings is 3. The summed E-state index contributed by atoms with van der Waals surface area (Å²) in [7, 11) is -1.38. The standard InChI is InChI=1S/C23H30NSi.C17H12N.Ir/c1-25(2,3)23-16-24-22(19-7-5-4-6-8-19)15-21(23)14-20-13-17-9-11-18(20)12-10-17;1-3-7-14(8-4-1)16-11-12-17(18-13-16)15-9-5-2-6-10-15;/h4-7,15-18,20H,9-14H2,1-3H3;1-9,11-13H;/q2*-1;. The summed E-state index contributed by atoms with van der Waals surface area (Å²) in [6, 6.07) is 39.4. The van der Waals surface area contributed by atoms with Crippen LogP contribution in [0.25, 0.3) is 33.6 Å². The minimum atomic E-state index is -1.38. The van der Waals surface area contributed by atoms with Gasteiger partial charge in [0.05, 0.1) is 8.07 Å². The smallest absolute Gasteiger partial charge is 0.0798 e. The van der Waals surface area contributed by atoms with Gasteiger partial charge in [0, 0.05) is 32.5 Å². The molecule has 5 aromatic rings. The monoisotopic (exact) mass is 771 g/mol. The first kappa shape index (κ1) is 32.2. The molecule has 2 bridgehead atoms. The third kappa shape index (κ3) is 7.91. The van der Waals surface area contributed by atoms with Crippen molar-refractivity contribution in [1.82, 2.24) is 9.97 Å². The number of rotatable bonds is 6. The van der Waals surface area contributed by atoms with Gasteiger partial charge >= 0.3 is 0 Å². The van der Waals surface area contributed by atoms with Crippen molar-refractivity contribution >= 4 is 13.3 Å². The second kappa shape index (κ2) is 14.7. The van der Waals surface area contributed by atoms with Crippen LogP contribution in [0.3, 0.4) is 0 Å². The summed E-state index contributed by atoms with van der Waals surface area (Å²) < 4.78 is 0. The SMILES string of the molecule is C[Si](C)(C)c1cnc(-c2[c-]cccc2)cc1CC1CC2CCC1CC2.[Ir].[c-]1ccccc1-c1ccc(-c2ccccc2)cn1. The first-order chi connectivity index (χ1) is 20.9. The van der Waals surface area contributed by atoms with Crippen LogP contribution in [0.4, 0.5) is 0 Å². The first-order valence-corrected chi connectivity index (χ1v) is 19.4. The summed E-state index contributed by atoms with van der Waals surface area (Å²) >= 11 is 0. The van der Waals surface area contributed by atoms with Gasteiger partial charge < -0.3 is 9.97 Å². The van der Waals surface area contributed by atoms with Crippen molar-refractivity contribution in [3.05, 3.63) is 127 Å². The molecule has 0 spiro atoms. The van der Waals surface area contributed by atoms with Gasteiger partial charge in [-0.25, -0.2) is 0 Å². The molecule has 3 fully saturated rings. The number of hydrogen-bond donors (Lipinski definition) is 0. The van der Waals surface area contributed by atoms with Crippen molar-refractivity contribution in [2.75, 3.05) is 0 Å². The van der Waals surface area contributed by atoms with E-state index in [4.69, 9.17) is 4.98 Å². The van der Waals surface area contributed by atoms with Crippen molar-refractivity contribution in [1.29, 1.82) is 0 Å². The second-order valence-corrected chi connectivity index (χ2v) is 18.3. The van der Waals surface area contributed by atoms with E-state index in [0.29, 0.717) is 0 Å². The molecule has 2 nitrogen and oxygen atoms in total. The van der Waals surface area contributed by atoms with E-state index in [9.17, 15) is 0 Å². The summed E-state index contributed by atoms with van der Waals surface area (Å²) in [6.45, 7) is 7.36. The Kier molecular flexibility index (Phi) is 10.8. The van der Waals surface area contributed by atoms with Crippen LogP contribution in [0.1, 0.15) is 37.7 Å². The van der Waals surface area contributed by atoms with Gasteiger partial charge in [0.1, 0.15) is 0 Å². The molecule has 227 valence electrons. The normalized spacial score (nSPS) is 18.9. The zero-order valence-electron chi connectivity index (χ0n) is 26.1. The fourth-order valence-corrected chi connectivity index (χ4v) is 8.59. The number of aromatic nitrogens is 2. The van der Waals surface area contributed by atoms with E-state index in [-0.39, 0.29) is 20.1 Å². The van der Waals surface area contributed by atoms with E-state index in [1.54, 1.807) is 10.8 Å². The number of hydrogen-bond acceptors (Lipinski definition) is 2. The number of pyridine rings is 2. The largest absolute Gasteiger partial charge is 0.305 e. The Balaban J connectivity index is 0.000000179. The van der Waals surface area contributed by atoms with Crippen LogP contribution >= 0.6 is 0 Å². The zero-order chi connectivity index (χ0) is 29.6. The number of nitrogens with zero attached hydrogens (tertiary/aromatic N) is 2. The van der Waals surface area contributed by atoms with Gasteiger partial charge in [0.2, 0.25) is 0 Å². The molecule has 1 unspecified atom stereocenters. The Labute approximate surface area is 278 Å². The van der Waals surface area contributed by atoms with Crippen LogP contribution < -0.4 is 5.19 Å². The molecular formula is C40H42IrN2Si-2. The summed E-state index contributed by atoms with van der Waals surface area (Å²) in [5, 5.41) is 1.56. The van der Waals surface area contributed by atoms with Crippen LogP contribution in [-0.2, 0) is 26.5 Å². The average Bonchev–Trinajstić information content (AvgIpc) is 3.06. The molecule has 4 heteroatoms. The maximum absolute atomic E-state index is 4.82. The molecule has 3 aromatic carbocycles. The van der Waals surface area contributed by atoms with Crippen molar-refractivity contribution in [2.45, 2.75) is 58.2 Å². The minimum absolute atomic E-state index is 0. The van der Waals surface area contributed by atoms with Gasteiger partial charge in [-0.15, -0.1) is 71.8 Å². The topological polar surface area (TPSA) is 25.8 Å². The Hall–Kier alpha value is -3.17. The van der Waals surface area contributed by atoms with Crippen molar-refractivity contribution in [3.8, 4) is 33.6 Å². The molecule has 0 saturated heterocycles. The van der Waals surface area contributed by atoms with Crippen LogP contribution in [0.15, 0.2) is 109 Å². The third-order valence-corrected chi connectivity index (χ3v) is 11.4. The summed E-state index contributed by atoms with van der Waals surface area (Å²) in [6.07, 6.45) is 12.8. The summed E-state index contributed by atoms with van der Waals surface area (Å²) in [5.74, 6) is 2.88. The van der Waals surface area contributed by atoms with E-state index in [2.05, 4.69) is 79.4 Å². The minimum Gasteiger partial charge on any atom is -0.305 e. The van der Waals surface area contributed by atoms with Gasteiger partial charge in [-0.3, -0.25) is 0 Å². The molecule has 2 heterocycles. The van der Waals surface area contributed by atoms with Crippen molar-refractivity contribution < 1.29 is 20.1 Å². The predicted octanol–water partition coefficient (Wildman–Crippen LogP) is 9.68. The van der Waals surface area contributed by atoms with Crippen molar-refractivity contribution in [3.63, 3.8) is 0 Å². The second-order valence-electron chi connectivity index (χ2n) is 13.3. The molecule has 1 radical (unpaired) electrons. The summed E-state index contributed by atoms with van der Waals surface area (Å²) in [5.41, 5.74) is 8.10.